The number of rotatable bonds is 7. The second kappa shape index (κ2) is 7.00. The molecule has 27 heavy (non-hydrogen) atoms. The molecule has 3 rings (SSSR count). The molecule has 0 fully saturated rings. The molecule has 0 radical (unpaired) electrons. The van der Waals surface area contributed by atoms with Gasteiger partial charge in [0.25, 0.3) is 5.56 Å². The molecule has 0 aromatic carbocycles. The summed E-state index contributed by atoms with van der Waals surface area (Å²) < 4.78 is 10.9. The summed E-state index contributed by atoms with van der Waals surface area (Å²) in [6.07, 6.45) is 0. The Balaban J connectivity index is 2.28. The van der Waals surface area contributed by atoms with E-state index in [4.69, 9.17) is 15.6 Å². The van der Waals surface area contributed by atoms with Crippen LogP contribution in [0.2, 0.25) is 0 Å². The minimum absolute atomic E-state index is 0.0616. The van der Waals surface area contributed by atoms with Crippen LogP contribution < -0.4 is 17.0 Å². The predicted octanol–water partition coefficient (Wildman–Crippen LogP) is -1.74. The first-order valence-corrected chi connectivity index (χ1v) is 8.44. The molecule has 1 amide bonds. The Bertz CT molecular complexity index is 1150. The van der Waals surface area contributed by atoms with E-state index >= 15 is 0 Å². The Hall–Kier alpha value is -2.92. The van der Waals surface area contributed by atoms with Gasteiger partial charge in [0.05, 0.1) is 19.8 Å². The summed E-state index contributed by atoms with van der Waals surface area (Å²) in [6.45, 7) is 4.24. The SMILES string of the molecule is Cc1c(C)n2c3c(=O)n(CC(N)=O)c(=O)n(C)c3nc2n1CCOCCO. The van der Waals surface area contributed by atoms with Crippen molar-refractivity contribution in [3.05, 3.63) is 32.2 Å². The van der Waals surface area contributed by atoms with E-state index < -0.39 is 23.7 Å². The standard InChI is InChI=1S/C16H22N6O5/c1-9-10(2)22-12-13(18-15(22)20(9)4-6-27-7-5-23)19(3)16(26)21(14(12)25)8-11(17)24/h23H,4-8H2,1-3H3,(H2,17,24). The Labute approximate surface area is 153 Å². The summed E-state index contributed by atoms with van der Waals surface area (Å²) in [4.78, 5) is 41.1. The van der Waals surface area contributed by atoms with Crippen LogP contribution >= 0.6 is 0 Å². The summed E-state index contributed by atoms with van der Waals surface area (Å²) in [5, 5.41) is 8.81. The lowest BCUT2D eigenvalue weighted by Crippen LogP contribution is -2.42. The number of nitrogens with two attached hydrogens (primary N) is 1. The first kappa shape index (κ1) is 18.9. The van der Waals surface area contributed by atoms with E-state index in [1.165, 1.54) is 11.6 Å². The summed E-state index contributed by atoms with van der Waals surface area (Å²) in [6, 6.07) is 0. The molecule has 3 N–H and O–H groups in total. The van der Waals surface area contributed by atoms with Gasteiger partial charge < -0.3 is 20.1 Å². The number of carbonyl (C=O) groups is 1. The van der Waals surface area contributed by atoms with Gasteiger partial charge in [0.1, 0.15) is 6.54 Å². The van der Waals surface area contributed by atoms with Crippen molar-refractivity contribution in [1.82, 2.24) is 23.1 Å². The van der Waals surface area contributed by atoms with Crippen molar-refractivity contribution in [2.24, 2.45) is 12.8 Å². The van der Waals surface area contributed by atoms with Crippen molar-refractivity contribution in [3.8, 4) is 0 Å². The summed E-state index contributed by atoms with van der Waals surface area (Å²) in [5.41, 5.74) is 6.03. The molecule has 0 bridgehead atoms. The number of hydrogen-bond donors (Lipinski definition) is 2. The van der Waals surface area contributed by atoms with Crippen LogP contribution in [0.25, 0.3) is 16.9 Å². The minimum Gasteiger partial charge on any atom is -0.394 e. The van der Waals surface area contributed by atoms with Crippen molar-refractivity contribution in [2.75, 3.05) is 19.8 Å². The second-order valence-corrected chi connectivity index (χ2v) is 6.28. The molecule has 0 atom stereocenters. The average molecular weight is 378 g/mol. The van der Waals surface area contributed by atoms with Gasteiger partial charge in [-0.25, -0.2) is 9.36 Å². The fourth-order valence-corrected chi connectivity index (χ4v) is 3.20. The highest BCUT2D eigenvalue weighted by atomic mass is 16.5. The molecule has 0 unspecified atom stereocenters. The van der Waals surface area contributed by atoms with Crippen LogP contribution in [-0.2, 0) is 29.7 Å². The lowest BCUT2D eigenvalue weighted by Gasteiger charge is -2.07. The summed E-state index contributed by atoms with van der Waals surface area (Å²) >= 11 is 0. The van der Waals surface area contributed by atoms with Gasteiger partial charge >= 0.3 is 5.69 Å². The topological polar surface area (TPSA) is 139 Å². The number of imidazole rings is 2. The number of aryl methyl sites for hydroxylation is 2. The number of aromatic nitrogens is 5. The molecule has 3 heterocycles. The second-order valence-electron chi connectivity index (χ2n) is 6.28. The molecule has 3 aromatic rings. The molecule has 0 saturated heterocycles. The van der Waals surface area contributed by atoms with E-state index in [-0.39, 0.29) is 24.4 Å². The largest absolute Gasteiger partial charge is 0.394 e. The molecule has 0 spiro atoms. The Kier molecular flexibility index (Phi) is 4.89. The third kappa shape index (κ3) is 2.94. The first-order valence-electron chi connectivity index (χ1n) is 8.44. The summed E-state index contributed by atoms with van der Waals surface area (Å²) in [5.74, 6) is -0.280. The van der Waals surface area contributed by atoms with Crippen LogP contribution in [0.4, 0.5) is 0 Å². The van der Waals surface area contributed by atoms with E-state index in [1.54, 1.807) is 4.40 Å². The fourth-order valence-electron chi connectivity index (χ4n) is 3.20. The quantitative estimate of drug-likeness (QED) is 0.468. The third-order valence-corrected chi connectivity index (χ3v) is 4.64. The maximum atomic E-state index is 12.9. The zero-order valence-corrected chi connectivity index (χ0v) is 15.4. The zero-order chi connectivity index (χ0) is 19.9. The normalized spacial score (nSPS) is 11.7. The van der Waals surface area contributed by atoms with Crippen molar-refractivity contribution in [1.29, 1.82) is 0 Å². The van der Waals surface area contributed by atoms with Crippen molar-refractivity contribution >= 4 is 22.8 Å². The first-order chi connectivity index (χ1) is 12.8. The van der Waals surface area contributed by atoms with Crippen molar-refractivity contribution in [2.45, 2.75) is 26.9 Å². The van der Waals surface area contributed by atoms with Gasteiger partial charge in [-0.2, -0.15) is 4.98 Å². The summed E-state index contributed by atoms with van der Waals surface area (Å²) in [7, 11) is 1.49. The van der Waals surface area contributed by atoms with E-state index in [0.717, 1.165) is 16.0 Å². The van der Waals surface area contributed by atoms with E-state index in [9.17, 15) is 14.4 Å². The number of primary amides is 1. The fraction of sp³-hybridized carbons (Fsp3) is 0.500. The van der Waals surface area contributed by atoms with Crippen molar-refractivity contribution < 1.29 is 14.6 Å². The highest BCUT2D eigenvalue weighted by Crippen LogP contribution is 2.20. The zero-order valence-electron chi connectivity index (χ0n) is 15.4. The molecular weight excluding hydrogens is 356 g/mol. The number of ether oxygens (including phenoxy) is 1. The highest BCUT2D eigenvalue weighted by Gasteiger charge is 2.22. The predicted molar refractivity (Wildman–Crippen MR) is 96.8 cm³/mol. The molecule has 0 aliphatic carbocycles. The molecule has 3 aromatic heterocycles. The van der Waals surface area contributed by atoms with Gasteiger partial charge in [-0.1, -0.05) is 0 Å². The van der Waals surface area contributed by atoms with Crippen LogP contribution in [-0.4, -0.2) is 53.9 Å². The van der Waals surface area contributed by atoms with Crippen LogP contribution in [0.5, 0.6) is 0 Å². The van der Waals surface area contributed by atoms with Crippen LogP contribution in [0.15, 0.2) is 9.59 Å². The van der Waals surface area contributed by atoms with Gasteiger partial charge in [-0.15, -0.1) is 0 Å². The van der Waals surface area contributed by atoms with Gasteiger partial charge in [0.2, 0.25) is 11.7 Å². The van der Waals surface area contributed by atoms with Crippen LogP contribution in [0, 0.1) is 13.8 Å². The van der Waals surface area contributed by atoms with E-state index in [1.807, 2.05) is 18.4 Å². The molecular formula is C16H22N6O5. The Morgan fingerprint density at radius 1 is 1.19 bits per heavy atom. The van der Waals surface area contributed by atoms with Gasteiger partial charge in [0, 0.05) is 25.0 Å². The number of nitrogens with zero attached hydrogens (tertiary/aromatic N) is 5. The number of aliphatic hydroxyl groups is 1. The third-order valence-electron chi connectivity index (χ3n) is 4.64. The van der Waals surface area contributed by atoms with Crippen molar-refractivity contribution in [3.63, 3.8) is 0 Å². The molecule has 11 nitrogen and oxygen atoms in total. The number of amides is 1. The average Bonchev–Trinajstić information content (AvgIpc) is 3.11. The van der Waals surface area contributed by atoms with Gasteiger partial charge in [0.15, 0.2) is 11.2 Å². The smallest absolute Gasteiger partial charge is 0.332 e. The lowest BCUT2D eigenvalue weighted by atomic mass is 10.3. The van der Waals surface area contributed by atoms with Crippen LogP contribution in [0.1, 0.15) is 11.4 Å². The Morgan fingerprint density at radius 3 is 2.52 bits per heavy atom. The van der Waals surface area contributed by atoms with Gasteiger partial charge in [-0.05, 0) is 13.8 Å². The number of aliphatic hydroxyl groups excluding tert-OH is 1. The maximum Gasteiger partial charge on any atom is 0.332 e. The monoisotopic (exact) mass is 378 g/mol. The minimum atomic E-state index is -0.777. The number of carbonyl (C=O) groups excluding carboxylic acids is 1. The highest BCUT2D eigenvalue weighted by molar-refractivity contribution is 5.77. The molecule has 146 valence electrons. The van der Waals surface area contributed by atoms with Crippen LogP contribution in [0.3, 0.4) is 0 Å². The Morgan fingerprint density at radius 2 is 1.89 bits per heavy atom. The molecule has 0 saturated carbocycles. The number of fused-ring (bicyclic) bond motifs is 3. The van der Waals surface area contributed by atoms with E-state index in [0.29, 0.717) is 18.9 Å². The van der Waals surface area contributed by atoms with E-state index in [2.05, 4.69) is 4.98 Å². The lowest BCUT2D eigenvalue weighted by molar-refractivity contribution is -0.118. The van der Waals surface area contributed by atoms with Gasteiger partial charge in [-0.3, -0.25) is 18.6 Å². The maximum absolute atomic E-state index is 12.9. The molecule has 0 aliphatic heterocycles. The molecule has 11 heteroatoms. The number of hydrogen-bond acceptors (Lipinski definition) is 6. The molecule has 0 aliphatic rings.